The van der Waals surface area contributed by atoms with Gasteiger partial charge in [-0.2, -0.15) is 9.78 Å². The molecule has 0 unspecified atom stereocenters. The Morgan fingerprint density at radius 3 is 2.47 bits per heavy atom. The number of primary amides is 1. The molecule has 1 aromatic heterocycles. The smallest absolute Gasteiger partial charge is 0.344 e. The van der Waals surface area contributed by atoms with E-state index in [1.54, 1.807) is 4.90 Å². The first-order valence-corrected chi connectivity index (χ1v) is 10.3. The molecule has 0 aliphatic carbocycles. The van der Waals surface area contributed by atoms with E-state index in [0.717, 1.165) is 45.9 Å². The summed E-state index contributed by atoms with van der Waals surface area (Å²) in [4.78, 5) is 30.4. The molecule has 30 heavy (non-hydrogen) atoms. The number of hydrogen-bond donors (Lipinski definition) is 1. The van der Waals surface area contributed by atoms with Crippen LogP contribution in [0.3, 0.4) is 0 Å². The fourth-order valence-electron chi connectivity index (χ4n) is 4.13. The first kappa shape index (κ1) is 20.4. The van der Waals surface area contributed by atoms with Gasteiger partial charge in [0.1, 0.15) is 0 Å². The second-order valence-electron chi connectivity index (χ2n) is 7.74. The van der Waals surface area contributed by atoms with Crippen molar-refractivity contribution in [3.05, 3.63) is 47.3 Å². The number of nitrogens with two attached hydrogens (primary N) is 1. The lowest BCUT2D eigenvalue weighted by molar-refractivity contribution is 0.0994. The number of nitrogens with zero attached hydrogens (tertiary/aromatic N) is 5. The molecule has 0 atom stereocenters. The average Bonchev–Trinajstić information content (AvgIpc) is 3.25. The summed E-state index contributed by atoms with van der Waals surface area (Å²) in [7, 11) is 0. The highest BCUT2D eigenvalue weighted by Gasteiger charge is 2.25. The number of amides is 2. The number of carbonyl (C=O) groups is 2. The third-order valence-electron chi connectivity index (χ3n) is 5.72. The fourth-order valence-corrected chi connectivity index (χ4v) is 4.13. The Hall–Kier alpha value is -2.91. The Morgan fingerprint density at radius 1 is 1.07 bits per heavy atom. The second-order valence-corrected chi connectivity index (χ2v) is 7.74. The number of aromatic nitrogens is 2. The molecule has 9 nitrogen and oxygen atoms in total. The molecule has 0 bridgehead atoms. The number of rotatable bonds is 4. The van der Waals surface area contributed by atoms with Crippen molar-refractivity contribution in [1.82, 2.24) is 19.6 Å². The van der Waals surface area contributed by atoms with Gasteiger partial charge in [0.05, 0.1) is 13.2 Å². The predicted octanol–water partition coefficient (Wildman–Crippen LogP) is 0.913. The predicted molar refractivity (Wildman–Crippen MR) is 113 cm³/mol. The lowest BCUT2D eigenvalue weighted by Gasteiger charge is -2.36. The maximum absolute atomic E-state index is 12.6. The lowest BCUT2D eigenvalue weighted by atomic mass is 10.1. The van der Waals surface area contributed by atoms with Crippen molar-refractivity contribution in [3.8, 4) is 0 Å². The van der Waals surface area contributed by atoms with Crippen LogP contribution in [0.5, 0.6) is 0 Å². The van der Waals surface area contributed by atoms with Crippen molar-refractivity contribution < 1.29 is 14.3 Å². The highest BCUT2D eigenvalue weighted by molar-refractivity contribution is 5.91. The highest BCUT2D eigenvalue weighted by Crippen LogP contribution is 2.27. The molecule has 2 fully saturated rings. The molecule has 0 radical (unpaired) electrons. The number of hydrogen-bond acceptors (Lipinski definition) is 6. The van der Waals surface area contributed by atoms with Crippen molar-refractivity contribution in [2.24, 2.45) is 5.73 Å². The summed E-state index contributed by atoms with van der Waals surface area (Å²) in [5.74, 6) is -0.638. The van der Waals surface area contributed by atoms with Crippen molar-refractivity contribution in [3.63, 3.8) is 0 Å². The molecule has 2 N–H and O–H groups in total. The maximum atomic E-state index is 12.6. The standard InChI is InChI=1S/C21H28N6O3/c1-16-3-2-4-17(19(16)25-11-13-30-14-12-25)15-24-7-9-26(10-8-24)21(29)27-6-5-18(23-27)20(22)28/h2-6H,7-15H2,1H3,(H2,22,28). The Kier molecular flexibility index (Phi) is 6.01. The lowest BCUT2D eigenvalue weighted by Crippen LogP contribution is -2.49. The van der Waals surface area contributed by atoms with Gasteiger partial charge in [-0.15, -0.1) is 0 Å². The SMILES string of the molecule is Cc1cccc(CN2CCN(C(=O)n3ccc(C(N)=O)n3)CC2)c1N1CCOCC1. The summed E-state index contributed by atoms with van der Waals surface area (Å²) in [6, 6.07) is 7.70. The summed E-state index contributed by atoms with van der Waals surface area (Å²) in [6.45, 7) is 9.16. The zero-order valence-electron chi connectivity index (χ0n) is 17.3. The van der Waals surface area contributed by atoms with Crippen molar-refractivity contribution in [2.75, 3.05) is 57.4 Å². The van der Waals surface area contributed by atoms with E-state index >= 15 is 0 Å². The molecule has 160 valence electrons. The van der Waals surface area contributed by atoms with E-state index in [9.17, 15) is 9.59 Å². The maximum Gasteiger partial charge on any atom is 0.344 e. The van der Waals surface area contributed by atoms with E-state index in [2.05, 4.69) is 40.0 Å². The van der Waals surface area contributed by atoms with Gasteiger partial charge in [-0.05, 0) is 24.1 Å². The van der Waals surface area contributed by atoms with Crippen molar-refractivity contribution in [2.45, 2.75) is 13.5 Å². The van der Waals surface area contributed by atoms with E-state index in [0.29, 0.717) is 13.1 Å². The number of aryl methyl sites for hydroxylation is 1. The number of anilines is 1. The average molecular weight is 412 g/mol. The molecule has 2 aromatic rings. The van der Waals surface area contributed by atoms with Crippen LogP contribution < -0.4 is 10.6 Å². The van der Waals surface area contributed by atoms with Gasteiger partial charge in [0, 0.05) is 57.7 Å². The van der Waals surface area contributed by atoms with Gasteiger partial charge < -0.3 is 20.3 Å². The molecule has 2 amide bonds. The molecule has 2 aliphatic heterocycles. The van der Waals surface area contributed by atoms with Crippen LogP contribution in [0, 0.1) is 6.92 Å². The van der Waals surface area contributed by atoms with Crippen LogP contribution in [-0.4, -0.2) is 84.0 Å². The minimum absolute atomic E-state index is 0.0945. The minimum atomic E-state index is -0.638. The number of ether oxygens (including phenoxy) is 1. The van der Waals surface area contributed by atoms with Gasteiger partial charge in [0.25, 0.3) is 5.91 Å². The molecule has 3 heterocycles. The number of para-hydroxylation sites is 1. The molecular formula is C21H28N6O3. The Bertz CT molecular complexity index is 913. The molecular weight excluding hydrogens is 384 g/mol. The van der Waals surface area contributed by atoms with Crippen LogP contribution in [0.25, 0.3) is 0 Å². The van der Waals surface area contributed by atoms with Crippen LogP contribution in [-0.2, 0) is 11.3 Å². The largest absolute Gasteiger partial charge is 0.378 e. The number of carbonyl (C=O) groups excluding carboxylic acids is 2. The van der Waals surface area contributed by atoms with E-state index in [4.69, 9.17) is 10.5 Å². The van der Waals surface area contributed by atoms with Crippen molar-refractivity contribution >= 4 is 17.6 Å². The minimum Gasteiger partial charge on any atom is -0.378 e. The summed E-state index contributed by atoms with van der Waals surface area (Å²) in [5.41, 5.74) is 9.23. The molecule has 9 heteroatoms. The molecule has 1 aromatic carbocycles. The van der Waals surface area contributed by atoms with E-state index < -0.39 is 5.91 Å². The summed E-state index contributed by atoms with van der Waals surface area (Å²) in [6.07, 6.45) is 1.48. The molecule has 2 aliphatic rings. The van der Waals surface area contributed by atoms with Crippen molar-refractivity contribution in [1.29, 1.82) is 0 Å². The first-order valence-electron chi connectivity index (χ1n) is 10.3. The Balaban J connectivity index is 1.38. The summed E-state index contributed by atoms with van der Waals surface area (Å²) < 4.78 is 6.70. The van der Waals surface area contributed by atoms with Gasteiger partial charge in [0.15, 0.2) is 5.69 Å². The van der Waals surface area contributed by atoms with E-state index in [1.165, 1.54) is 33.8 Å². The van der Waals surface area contributed by atoms with Crippen LogP contribution in [0.15, 0.2) is 30.5 Å². The van der Waals surface area contributed by atoms with E-state index in [-0.39, 0.29) is 11.7 Å². The Labute approximate surface area is 176 Å². The van der Waals surface area contributed by atoms with Gasteiger partial charge in [0.2, 0.25) is 0 Å². The molecule has 0 saturated carbocycles. The molecule has 2 saturated heterocycles. The van der Waals surface area contributed by atoms with Crippen LogP contribution in [0.1, 0.15) is 21.6 Å². The second kappa shape index (κ2) is 8.85. The van der Waals surface area contributed by atoms with Crippen LogP contribution in [0.2, 0.25) is 0 Å². The van der Waals surface area contributed by atoms with Crippen LogP contribution >= 0.6 is 0 Å². The normalized spacial score (nSPS) is 17.9. The van der Waals surface area contributed by atoms with Crippen LogP contribution in [0.4, 0.5) is 10.5 Å². The number of benzene rings is 1. The van der Waals surface area contributed by atoms with Gasteiger partial charge in [-0.1, -0.05) is 18.2 Å². The third-order valence-corrected chi connectivity index (χ3v) is 5.72. The zero-order chi connectivity index (χ0) is 21.1. The Morgan fingerprint density at radius 2 is 1.80 bits per heavy atom. The zero-order valence-corrected chi connectivity index (χ0v) is 17.3. The van der Waals surface area contributed by atoms with Gasteiger partial charge >= 0.3 is 6.03 Å². The number of piperazine rings is 1. The first-order chi connectivity index (χ1) is 14.5. The highest BCUT2D eigenvalue weighted by atomic mass is 16.5. The summed E-state index contributed by atoms with van der Waals surface area (Å²) >= 11 is 0. The number of morpholine rings is 1. The summed E-state index contributed by atoms with van der Waals surface area (Å²) in [5, 5.41) is 3.97. The van der Waals surface area contributed by atoms with Gasteiger partial charge in [-0.25, -0.2) is 4.79 Å². The quantitative estimate of drug-likeness (QED) is 0.802. The molecule has 4 rings (SSSR count). The van der Waals surface area contributed by atoms with E-state index in [1.807, 2.05) is 0 Å². The topological polar surface area (TPSA) is 96.9 Å². The van der Waals surface area contributed by atoms with Gasteiger partial charge in [-0.3, -0.25) is 9.69 Å². The molecule has 0 spiro atoms. The fraction of sp³-hybridized carbons (Fsp3) is 0.476. The monoisotopic (exact) mass is 412 g/mol. The third kappa shape index (κ3) is 4.31.